The number of pyridine rings is 1. The van der Waals surface area contributed by atoms with Crippen molar-refractivity contribution in [2.45, 2.75) is 86.1 Å². The Kier molecular flexibility index (Phi) is 8.64. The van der Waals surface area contributed by atoms with Gasteiger partial charge in [0.25, 0.3) is 0 Å². The zero-order valence-electron chi connectivity index (χ0n) is 28.3. The average Bonchev–Trinajstić information content (AvgIpc) is 3.52. The predicted octanol–water partition coefficient (Wildman–Crippen LogP) is 8.79. The number of nitrogens with zero attached hydrogens (tertiary/aromatic N) is 6. The fraction of sp³-hybridized carbons (Fsp3) is 0.500. The molecule has 5 heterocycles. The molecular formula is C38H51N7. The Bertz CT molecular complexity index is 1710. The normalized spacial score (nSPS) is 18.6. The molecular weight excluding hydrogens is 554 g/mol. The molecule has 1 unspecified atom stereocenters. The smallest absolute Gasteiger partial charge is 0.208 e. The molecule has 1 saturated heterocycles. The van der Waals surface area contributed by atoms with E-state index in [1.165, 1.54) is 41.7 Å². The van der Waals surface area contributed by atoms with Crippen LogP contribution in [0.15, 0.2) is 55.3 Å². The molecule has 0 spiro atoms. The first-order chi connectivity index (χ1) is 21.4. The van der Waals surface area contributed by atoms with E-state index in [-0.39, 0.29) is 0 Å². The van der Waals surface area contributed by atoms with Crippen molar-refractivity contribution in [2.24, 2.45) is 24.3 Å². The molecule has 3 aromatic heterocycles. The van der Waals surface area contributed by atoms with Crippen LogP contribution in [0.3, 0.4) is 0 Å². The lowest BCUT2D eigenvalue weighted by Gasteiger charge is -2.36. The van der Waals surface area contributed by atoms with Crippen molar-refractivity contribution in [2.75, 3.05) is 23.3 Å². The summed E-state index contributed by atoms with van der Waals surface area (Å²) >= 11 is 0. The Labute approximate surface area is 269 Å². The van der Waals surface area contributed by atoms with Gasteiger partial charge in [-0.15, -0.1) is 0 Å². The number of allylic oxidation sites excluding steroid dienone is 1. The van der Waals surface area contributed by atoms with Crippen LogP contribution < -0.4 is 10.2 Å². The number of anilines is 2. The SMILES string of the molecule is C=C1Nc2nc3ccc(N4CCC(C(=C)CC(C)(C)C)CC4)cc3n2CC(C)CCCCc2c(cnn2C)-c2cc1cc(C)n2. The third kappa shape index (κ3) is 6.87. The second-order valence-electron chi connectivity index (χ2n) is 14.8. The minimum atomic E-state index is 0.295. The van der Waals surface area contributed by atoms with Crippen LogP contribution in [0, 0.1) is 24.2 Å². The summed E-state index contributed by atoms with van der Waals surface area (Å²) in [6.45, 7) is 23.3. The molecule has 0 radical (unpaired) electrons. The third-order valence-electron chi connectivity index (χ3n) is 9.68. The summed E-state index contributed by atoms with van der Waals surface area (Å²) in [7, 11) is 2.04. The van der Waals surface area contributed by atoms with E-state index in [0.717, 1.165) is 85.0 Å². The summed E-state index contributed by atoms with van der Waals surface area (Å²) in [6.07, 6.45) is 9.84. The number of nitrogens with one attached hydrogen (secondary N) is 1. The maximum absolute atomic E-state index is 5.12. The molecule has 1 fully saturated rings. The van der Waals surface area contributed by atoms with E-state index in [4.69, 9.17) is 9.97 Å². The Balaban J connectivity index is 1.30. The summed E-state index contributed by atoms with van der Waals surface area (Å²) < 4.78 is 4.40. The van der Waals surface area contributed by atoms with Gasteiger partial charge in [0.05, 0.1) is 22.9 Å². The Morgan fingerprint density at radius 3 is 2.58 bits per heavy atom. The van der Waals surface area contributed by atoms with Gasteiger partial charge in [-0.05, 0) is 93.0 Å². The summed E-state index contributed by atoms with van der Waals surface area (Å²) in [5.74, 6) is 1.98. The monoisotopic (exact) mass is 605 g/mol. The lowest BCUT2D eigenvalue weighted by Crippen LogP contribution is -2.34. The maximum atomic E-state index is 5.12. The molecule has 1 atom stereocenters. The molecule has 2 aliphatic rings. The highest BCUT2D eigenvalue weighted by molar-refractivity contribution is 5.85. The topological polar surface area (TPSA) is 63.8 Å². The van der Waals surface area contributed by atoms with Gasteiger partial charge in [-0.3, -0.25) is 9.67 Å². The molecule has 2 aliphatic heterocycles. The van der Waals surface area contributed by atoms with Crippen LogP contribution in [-0.2, 0) is 20.0 Å². The van der Waals surface area contributed by atoms with Gasteiger partial charge in [-0.25, -0.2) is 4.98 Å². The molecule has 4 aromatic rings. The zero-order valence-corrected chi connectivity index (χ0v) is 28.3. The van der Waals surface area contributed by atoms with E-state index in [1.54, 1.807) is 0 Å². The molecule has 45 heavy (non-hydrogen) atoms. The minimum Gasteiger partial charge on any atom is -0.371 e. The predicted molar refractivity (Wildman–Crippen MR) is 188 cm³/mol. The highest BCUT2D eigenvalue weighted by Crippen LogP contribution is 2.36. The van der Waals surface area contributed by atoms with Crippen LogP contribution in [0.1, 0.15) is 83.2 Å². The molecule has 1 N–H and O–H groups in total. The van der Waals surface area contributed by atoms with Gasteiger partial charge in [0, 0.05) is 60.6 Å². The zero-order chi connectivity index (χ0) is 31.9. The van der Waals surface area contributed by atoms with Crippen molar-refractivity contribution in [3.63, 3.8) is 0 Å². The first-order valence-corrected chi connectivity index (χ1v) is 16.8. The Morgan fingerprint density at radius 1 is 1.04 bits per heavy atom. The quantitative estimate of drug-likeness (QED) is 0.237. The maximum Gasteiger partial charge on any atom is 0.208 e. The van der Waals surface area contributed by atoms with E-state index in [9.17, 15) is 0 Å². The van der Waals surface area contributed by atoms with Crippen molar-refractivity contribution in [1.29, 1.82) is 0 Å². The second-order valence-corrected chi connectivity index (χ2v) is 14.8. The number of piperidine rings is 1. The minimum absolute atomic E-state index is 0.295. The molecule has 0 amide bonds. The standard InChI is InChI=1S/C38H51N7/c1-25-11-9-10-12-35-32(23-39-43(35)8)34-20-30(19-27(3)40-34)28(4)41-37-42-33-14-13-31(21-36(33)45(37)24-25)44-17-15-29(16-18-44)26(2)22-38(5,6)7/h13-14,19-21,23,25,29H,2,4,9-12,15-18,22,24H2,1,3,5-8H3,(H,41,42). The summed E-state index contributed by atoms with van der Waals surface area (Å²) in [4.78, 5) is 12.6. The number of aromatic nitrogens is 5. The third-order valence-corrected chi connectivity index (χ3v) is 9.68. The molecule has 2 bridgehead atoms. The van der Waals surface area contributed by atoms with E-state index >= 15 is 0 Å². The Morgan fingerprint density at radius 2 is 1.82 bits per heavy atom. The van der Waals surface area contributed by atoms with Crippen molar-refractivity contribution < 1.29 is 0 Å². The van der Waals surface area contributed by atoms with Crippen molar-refractivity contribution in [3.8, 4) is 11.3 Å². The summed E-state index contributed by atoms with van der Waals surface area (Å²) in [6, 6.07) is 11.0. The van der Waals surface area contributed by atoms with Gasteiger partial charge in [-0.2, -0.15) is 5.10 Å². The molecule has 0 saturated carbocycles. The molecule has 238 valence electrons. The van der Waals surface area contributed by atoms with Gasteiger partial charge < -0.3 is 14.8 Å². The van der Waals surface area contributed by atoms with Crippen molar-refractivity contribution in [1.82, 2.24) is 24.3 Å². The van der Waals surface area contributed by atoms with Gasteiger partial charge >= 0.3 is 0 Å². The fourth-order valence-corrected chi connectivity index (χ4v) is 7.31. The van der Waals surface area contributed by atoms with Crippen LogP contribution >= 0.6 is 0 Å². The Hall–Kier alpha value is -3.87. The van der Waals surface area contributed by atoms with Crippen LogP contribution in [0.2, 0.25) is 0 Å². The van der Waals surface area contributed by atoms with Gasteiger partial charge in [0.2, 0.25) is 5.95 Å². The van der Waals surface area contributed by atoms with Crippen LogP contribution in [-0.4, -0.2) is 37.4 Å². The van der Waals surface area contributed by atoms with E-state index in [1.807, 2.05) is 24.9 Å². The van der Waals surface area contributed by atoms with Crippen molar-refractivity contribution >= 4 is 28.4 Å². The molecule has 7 heteroatoms. The van der Waals surface area contributed by atoms with Crippen LogP contribution in [0.4, 0.5) is 11.6 Å². The summed E-state index contributed by atoms with van der Waals surface area (Å²) in [5, 5.41) is 8.22. The molecule has 6 rings (SSSR count). The number of hydrogen-bond donors (Lipinski definition) is 1. The second kappa shape index (κ2) is 12.5. The van der Waals surface area contributed by atoms with Crippen LogP contribution in [0.5, 0.6) is 0 Å². The molecule has 7 nitrogen and oxygen atoms in total. The highest BCUT2D eigenvalue weighted by Gasteiger charge is 2.25. The van der Waals surface area contributed by atoms with Gasteiger partial charge in [0.1, 0.15) is 0 Å². The first-order valence-electron chi connectivity index (χ1n) is 16.8. The number of imidazole rings is 1. The molecule has 0 aliphatic carbocycles. The number of fused-ring (bicyclic) bond motifs is 7. The van der Waals surface area contributed by atoms with Gasteiger partial charge in [-0.1, -0.05) is 52.8 Å². The fourth-order valence-electron chi connectivity index (χ4n) is 7.31. The number of benzene rings is 1. The lowest BCUT2D eigenvalue weighted by atomic mass is 9.80. The highest BCUT2D eigenvalue weighted by atomic mass is 15.3. The number of rotatable bonds is 3. The van der Waals surface area contributed by atoms with E-state index in [0.29, 0.717) is 17.3 Å². The first kappa shape index (κ1) is 31.1. The van der Waals surface area contributed by atoms with Crippen molar-refractivity contribution in [3.05, 3.63) is 72.2 Å². The number of hydrogen-bond acceptors (Lipinski definition) is 5. The van der Waals surface area contributed by atoms with Crippen LogP contribution in [0.25, 0.3) is 28.0 Å². The van der Waals surface area contributed by atoms with E-state index in [2.05, 4.69) is 91.1 Å². The number of aryl methyl sites for hydroxylation is 2. The lowest BCUT2D eigenvalue weighted by molar-refractivity contribution is 0.364. The largest absolute Gasteiger partial charge is 0.371 e. The average molecular weight is 606 g/mol. The van der Waals surface area contributed by atoms with E-state index < -0.39 is 0 Å². The van der Waals surface area contributed by atoms with Gasteiger partial charge in [0.15, 0.2) is 0 Å². The molecule has 1 aromatic carbocycles. The summed E-state index contributed by atoms with van der Waals surface area (Å²) in [5.41, 5.74) is 11.3.